The van der Waals surface area contributed by atoms with E-state index in [1.807, 2.05) is 0 Å². The van der Waals surface area contributed by atoms with Gasteiger partial charge in [0.25, 0.3) is 0 Å². The predicted molar refractivity (Wildman–Crippen MR) is 54.9 cm³/mol. The second kappa shape index (κ2) is 4.96. The van der Waals surface area contributed by atoms with Gasteiger partial charge in [0, 0.05) is 12.8 Å². The molecule has 1 rings (SSSR count). The summed E-state index contributed by atoms with van der Waals surface area (Å²) in [6, 6.07) is 0. The molecule has 16 heavy (non-hydrogen) atoms. The maximum atomic E-state index is 11.7. The van der Waals surface area contributed by atoms with Crippen LogP contribution in [0, 0.1) is 5.21 Å². The van der Waals surface area contributed by atoms with E-state index in [0.717, 1.165) is 0 Å². The summed E-state index contributed by atoms with van der Waals surface area (Å²) < 4.78 is 9.88. The fourth-order valence-electron chi connectivity index (χ4n) is 1.63. The molecule has 0 saturated carbocycles. The molecule has 1 aliphatic rings. The van der Waals surface area contributed by atoms with E-state index in [-0.39, 0.29) is 19.6 Å². The van der Waals surface area contributed by atoms with Crippen LogP contribution < -0.4 is 0 Å². The lowest BCUT2D eigenvalue weighted by Gasteiger charge is -2.22. The molecule has 6 nitrogen and oxygen atoms in total. The summed E-state index contributed by atoms with van der Waals surface area (Å²) in [7, 11) is 0. The van der Waals surface area contributed by atoms with Crippen molar-refractivity contribution in [2.45, 2.75) is 32.2 Å². The highest BCUT2D eigenvalue weighted by Gasteiger charge is 2.59. The van der Waals surface area contributed by atoms with E-state index in [4.69, 9.17) is 9.47 Å². The van der Waals surface area contributed by atoms with Crippen LogP contribution >= 0.6 is 0 Å². The van der Waals surface area contributed by atoms with Crippen molar-refractivity contribution in [3.63, 3.8) is 0 Å². The van der Waals surface area contributed by atoms with E-state index in [2.05, 4.69) is 0 Å². The molecule has 0 spiro atoms. The van der Waals surface area contributed by atoms with Gasteiger partial charge in [0.1, 0.15) is 0 Å². The molecule has 1 heterocycles. The highest BCUT2D eigenvalue weighted by molar-refractivity contribution is 6.04. The van der Waals surface area contributed by atoms with Crippen LogP contribution in [0.15, 0.2) is 0 Å². The van der Waals surface area contributed by atoms with Crippen LogP contribution in [0.25, 0.3) is 0 Å². The minimum atomic E-state index is -1.83. The first-order chi connectivity index (χ1) is 7.59. The van der Waals surface area contributed by atoms with E-state index < -0.39 is 17.5 Å². The lowest BCUT2D eigenvalue weighted by Crippen LogP contribution is -2.53. The van der Waals surface area contributed by atoms with Crippen molar-refractivity contribution < 1.29 is 23.8 Å². The monoisotopic (exact) mass is 229 g/mol. The van der Waals surface area contributed by atoms with Crippen molar-refractivity contribution in [2.75, 3.05) is 13.2 Å². The van der Waals surface area contributed by atoms with E-state index >= 15 is 0 Å². The molecular weight excluding hydrogens is 214 g/mol. The number of carbonyl (C=O) groups excluding carboxylic acids is 2. The number of carbonyl (C=O) groups is 2. The van der Waals surface area contributed by atoms with E-state index in [0.29, 0.717) is 11.2 Å². The average Bonchev–Trinajstić information content (AvgIpc) is 2.62. The standard InChI is InChI=1S/C10H15NO5/c1-3-15-8(12)10(9(13)16-4-2)6-5-7-11(10)14/h7H,3-6H2,1-2H3. The number of esters is 2. The van der Waals surface area contributed by atoms with Gasteiger partial charge in [-0.15, -0.1) is 0 Å². The number of hydrogen-bond acceptors (Lipinski definition) is 5. The van der Waals surface area contributed by atoms with Crippen LogP contribution in [0.4, 0.5) is 0 Å². The Kier molecular flexibility index (Phi) is 3.87. The van der Waals surface area contributed by atoms with Crippen molar-refractivity contribution in [3.8, 4) is 0 Å². The zero-order chi connectivity index (χ0) is 12.2. The molecule has 0 aromatic heterocycles. The Hall–Kier alpha value is -1.59. The van der Waals surface area contributed by atoms with Gasteiger partial charge in [-0.05, 0) is 13.8 Å². The molecule has 0 amide bonds. The molecule has 0 aromatic rings. The molecule has 0 saturated heterocycles. The van der Waals surface area contributed by atoms with E-state index in [9.17, 15) is 14.8 Å². The second-order valence-corrected chi connectivity index (χ2v) is 3.35. The molecule has 0 fully saturated rings. The maximum absolute atomic E-state index is 11.7. The van der Waals surface area contributed by atoms with Crippen LogP contribution in [-0.4, -0.2) is 41.6 Å². The van der Waals surface area contributed by atoms with Crippen molar-refractivity contribution in [2.24, 2.45) is 0 Å². The fourth-order valence-corrected chi connectivity index (χ4v) is 1.63. The first-order valence-electron chi connectivity index (χ1n) is 5.23. The topological polar surface area (TPSA) is 78.7 Å². The van der Waals surface area contributed by atoms with Crippen LogP contribution in [-0.2, 0) is 19.1 Å². The van der Waals surface area contributed by atoms with Gasteiger partial charge in [0.05, 0.1) is 13.2 Å². The molecule has 0 aromatic carbocycles. The third-order valence-corrected chi connectivity index (χ3v) is 2.40. The Balaban J connectivity index is 2.99. The predicted octanol–water partition coefficient (Wildman–Crippen LogP) is 0.226. The number of rotatable bonds is 4. The van der Waals surface area contributed by atoms with E-state index in [1.54, 1.807) is 13.8 Å². The van der Waals surface area contributed by atoms with Crippen molar-refractivity contribution in [1.29, 1.82) is 0 Å². The molecule has 0 N–H and O–H groups in total. The summed E-state index contributed by atoms with van der Waals surface area (Å²) in [5, 5.41) is 11.6. The van der Waals surface area contributed by atoms with Crippen LogP contribution in [0.5, 0.6) is 0 Å². The van der Waals surface area contributed by atoms with Gasteiger partial charge >= 0.3 is 17.5 Å². The molecule has 0 unspecified atom stereocenters. The normalized spacial score (nSPS) is 17.8. The largest absolute Gasteiger partial charge is 0.623 e. The number of ether oxygens (including phenoxy) is 2. The molecule has 0 atom stereocenters. The highest BCUT2D eigenvalue weighted by Crippen LogP contribution is 2.25. The van der Waals surface area contributed by atoms with Gasteiger partial charge in [-0.25, -0.2) is 9.59 Å². The van der Waals surface area contributed by atoms with Gasteiger partial charge in [0.15, 0.2) is 6.21 Å². The fraction of sp³-hybridized carbons (Fsp3) is 0.700. The molecule has 6 heteroatoms. The Morgan fingerprint density at radius 1 is 1.31 bits per heavy atom. The summed E-state index contributed by atoms with van der Waals surface area (Å²) in [5.41, 5.74) is -1.83. The summed E-state index contributed by atoms with van der Waals surface area (Å²) >= 11 is 0. The van der Waals surface area contributed by atoms with Crippen molar-refractivity contribution in [1.82, 2.24) is 0 Å². The lowest BCUT2D eigenvalue weighted by molar-refractivity contribution is -0.509. The lowest BCUT2D eigenvalue weighted by atomic mass is 9.97. The summed E-state index contributed by atoms with van der Waals surface area (Å²) in [6.07, 6.45) is 1.73. The smallest absolute Gasteiger partial charge is 0.392 e. The molecular formula is C10H15NO5. The summed E-state index contributed by atoms with van der Waals surface area (Å²) in [6.45, 7) is 3.47. The van der Waals surface area contributed by atoms with Gasteiger partial charge in [-0.3, -0.25) is 0 Å². The third-order valence-electron chi connectivity index (χ3n) is 2.40. The van der Waals surface area contributed by atoms with Gasteiger partial charge in [-0.2, -0.15) is 4.74 Å². The quantitative estimate of drug-likeness (QED) is 0.298. The zero-order valence-corrected chi connectivity index (χ0v) is 9.39. The minimum Gasteiger partial charge on any atom is -0.623 e. The van der Waals surface area contributed by atoms with Gasteiger partial charge < -0.3 is 14.7 Å². The Morgan fingerprint density at radius 3 is 2.12 bits per heavy atom. The Labute approximate surface area is 93.4 Å². The van der Waals surface area contributed by atoms with Crippen LogP contribution in [0.1, 0.15) is 26.7 Å². The number of hydrogen-bond donors (Lipinski definition) is 0. The molecule has 0 bridgehead atoms. The third kappa shape index (κ3) is 1.87. The van der Waals surface area contributed by atoms with Crippen LogP contribution in [0.2, 0.25) is 0 Å². The van der Waals surface area contributed by atoms with Crippen molar-refractivity contribution >= 4 is 18.2 Å². The minimum absolute atomic E-state index is 0.105. The SMILES string of the molecule is CCOC(=O)C1(C(=O)OCC)CCC=[N+]1[O-]. The van der Waals surface area contributed by atoms with E-state index in [1.165, 1.54) is 6.21 Å². The van der Waals surface area contributed by atoms with Gasteiger partial charge in [-0.1, -0.05) is 0 Å². The number of nitrogens with zero attached hydrogens (tertiary/aromatic N) is 1. The molecule has 90 valence electrons. The maximum Gasteiger partial charge on any atom is 0.392 e. The summed E-state index contributed by atoms with van der Waals surface area (Å²) in [5.74, 6) is -1.67. The number of hydroxylamine groups is 1. The highest BCUT2D eigenvalue weighted by atomic mass is 16.6. The summed E-state index contributed by atoms with van der Waals surface area (Å²) in [4.78, 5) is 23.4. The average molecular weight is 229 g/mol. The van der Waals surface area contributed by atoms with Crippen LogP contribution in [0.3, 0.4) is 0 Å². The molecule has 0 aliphatic carbocycles. The first kappa shape index (κ1) is 12.5. The Bertz CT molecular complexity index is 305. The zero-order valence-electron chi connectivity index (χ0n) is 9.39. The van der Waals surface area contributed by atoms with Gasteiger partial charge in [0.2, 0.25) is 0 Å². The molecule has 0 radical (unpaired) electrons. The Morgan fingerprint density at radius 2 is 1.81 bits per heavy atom. The van der Waals surface area contributed by atoms with Crippen molar-refractivity contribution in [3.05, 3.63) is 5.21 Å². The first-order valence-corrected chi connectivity index (χ1v) is 5.23. The molecule has 1 aliphatic heterocycles. The second-order valence-electron chi connectivity index (χ2n) is 3.35.